The van der Waals surface area contributed by atoms with E-state index in [0.717, 1.165) is 25.3 Å². The maximum absolute atomic E-state index is 8.86. The molecule has 1 heterocycles. The molecule has 1 rings (SSSR count). The maximum atomic E-state index is 8.86. The van der Waals surface area contributed by atoms with Gasteiger partial charge in [-0.3, -0.25) is 0 Å². The van der Waals surface area contributed by atoms with Crippen molar-refractivity contribution in [2.75, 3.05) is 36.3 Å². The molecule has 0 atom stereocenters. The molecule has 0 amide bonds. The van der Waals surface area contributed by atoms with Crippen LogP contribution in [0.15, 0.2) is 11.2 Å². The molecular weight excluding hydrogens is 238 g/mol. The highest BCUT2D eigenvalue weighted by Crippen LogP contribution is 2.19. The highest BCUT2D eigenvalue weighted by molar-refractivity contribution is 7.98. The number of anilines is 2. The lowest BCUT2D eigenvalue weighted by atomic mass is 10.3. The number of rotatable bonds is 7. The standard InChI is InChI=1S/C10H19N5OS/c1-3-15(5-4-6-16)9-7-8(14-11)12-10(13-9)17-2/h7,16H,3-6,11H2,1-2H3,(H,12,13,14). The van der Waals surface area contributed by atoms with Gasteiger partial charge in [-0.15, -0.1) is 0 Å². The molecule has 0 unspecified atom stereocenters. The molecule has 0 bridgehead atoms. The summed E-state index contributed by atoms with van der Waals surface area (Å²) in [6.07, 6.45) is 2.64. The monoisotopic (exact) mass is 257 g/mol. The zero-order valence-corrected chi connectivity index (χ0v) is 11.0. The molecule has 17 heavy (non-hydrogen) atoms. The molecule has 0 aromatic carbocycles. The Morgan fingerprint density at radius 2 is 2.29 bits per heavy atom. The molecule has 6 nitrogen and oxygen atoms in total. The number of hydrogen-bond acceptors (Lipinski definition) is 7. The first-order valence-electron chi connectivity index (χ1n) is 5.50. The average molecular weight is 257 g/mol. The van der Waals surface area contributed by atoms with Crippen molar-refractivity contribution in [1.82, 2.24) is 9.97 Å². The molecule has 0 aliphatic carbocycles. The highest BCUT2D eigenvalue weighted by Gasteiger charge is 2.09. The minimum Gasteiger partial charge on any atom is -0.396 e. The Balaban J connectivity index is 2.92. The fourth-order valence-corrected chi connectivity index (χ4v) is 1.81. The van der Waals surface area contributed by atoms with Crippen molar-refractivity contribution in [2.45, 2.75) is 18.5 Å². The number of aliphatic hydroxyl groups is 1. The van der Waals surface area contributed by atoms with Crippen LogP contribution in [0.4, 0.5) is 11.6 Å². The van der Waals surface area contributed by atoms with Crippen LogP contribution in [0.25, 0.3) is 0 Å². The van der Waals surface area contributed by atoms with Crippen LogP contribution in [0.5, 0.6) is 0 Å². The molecular formula is C10H19N5OS. The lowest BCUT2D eigenvalue weighted by Gasteiger charge is -2.22. The summed E-state index contributed by atoms with van der Waals surface area (Å²) in [7, 11) is 0. The molecule has 0 aliphatic rings. The van der Waals surface area contributed by atoms with Crippen molar-refractivity contribution >= 4 is 23.4 Å². The lowest BCUT2D eigenvalue weighted by molar-refractivity contribution is 0.289. The normalized spacial score (nSPS) is 10.4. The van der Waals surface area contributed by atoms with Gasteiger partial charge in [-0.05, 0) is 19.6 Å². The second-order valence-corrected chi connectivity index (χ2v) is 4.17. The summed E-state index contributed by atoms with van der Waals surface area (Å²) in [5, 5.41) is 9.54. The second kappa shape index (κ2) is 7.31. The zero-order valence-electron chi connectivity index (χ0n) is 10.2. The Hall–Kier alpha value is -1.05. The predicted octanol–water partition coefficient (Wildman–Crippen LogP) is 0.693. The largest absolute Gasteiger partial charge is 0.396 e. The highest BCUT2D eigenvalue weighted by atomic mass is 32.2. The number of aromatic nitrogens is 2. The molecule has 0 saturated heterocycles. The van der Waals surface area contributed by atoms with Crippen LogP contribution in [-0.2, 0) is 0 Å². The van der Waals surface area contributed by atoms with E-state index in [0.29, 0.717) is 11.0 Å². The number of thioether (sulfide) groups is 1. The molecule has 96 valence electrons. The Kier molecular flexibility index (Phi) is 6.03. The molecule has 0 saturated carbocycles. The number of hydrazine groups is 1. The maximum Gasteiger partial charge on any atom is 0.191 e. The van der Waals surface area contributed by atoms with Crippen LogP contribution in [0.2, 0.25) is 0 Å². The zero-order chi connectivity index (χ0) is 12.7. The summed E-state index contributed by atoms with van der Waals surface area (Å²) in [5.74, 6) is 6.80. The van der Waals surface area contributed by atoms with Gasteiger partial charge in [-0.1, -0.05) is 11.8 Å². The summed E-state index contributed by atoms with van der Waals surface area (Å²) in [5.41, 5.74) is 2.54. The van der Waals surface area contributed by atoms with Gasteiger partial charge in [0.05, 0.1) is 0 Å². The fraction of sp³-hybridized carbons (Fsp3) is 0.600. The quantitative estimate of drug-likeness (QED) is 0.287. The smallest absolute Gasteiger partial charge is 0.191 e. The molecule has 0 aliphatic heterocycles. The van der Waals surface area contributed by atoms with Gasteiger partial charge in [0.25, 0.3) is 0 Å². The van der Waals surface area contributed by atoms with Gasteiger partial charge in [-0.2, -0.15) is 0 Å². The number of nitrogen functional groups attached to an aromatic ring is 1. The van der Waals surface area contributed by atoms with E-state index in [-0.39, 0.29) is 6.61 Å². The summed E-state index contributed by atoms with van der Waals surface area (Å²) < 4.78 is 0. The number of aliphatic hydroxyl groups excluding tert-OH is 1. The van der Waals surface area contributed by atoms with E-state index in [1.807, 2.05) is 13.2 Å². The third-order valence-corrected chi connectivity index (χ3v) is 2.86. The number of nitrogens with two attached hydrogens (primary N) is 1. The Morgan fingerprint density at radius 1 is 1.53 bits per heavy atom. The molecule has 0 radical (unpaired) electrons. The minimum atomic E-state index is 0.180. The summed E-state index contributed by atoms with van der Waals surface area (Å²) in [6.45, 7) is 3.82. The van der Waals surface area contributed by atoms with Gasteiger partial charge < -0.3 is 15.4 Å². The first-order chi connectivity index (χ1) is 8.24. The molecule has 7 heteroatoms. The van der Waals surface area contributed by atoms with Crippen molar-refractivity contribution in [3.8, 4) is 0 Å². The van der Waals surface area contributed by atoms with E-state index in [1.54, 1.807) is 6.07 Å². The van der Waals surface area contributed by atoms with Gasteiger partial charge in [-0.25, -0.2) is 15.8 Å². The van der Waals surface area contributed by atoms with Gasteiger partial charge in [0.2, 0.25) is 0 Å². The lowest BCUT2D eigenvalue weighted by Crippen LogP contribution is -2.26. The predicted molar refractivity (Wildman–Crippen MR) is 71.2 cm³/mol. The van der Waals surface area contributed by atoms with Crippen LogP contribution < -0.4 is 16.2 Å². The van der Waals surface area contributed by atoms with Crippen LogP contribution in [0.1, 0.15) is 13.3 Å². The van der Waals surface area contributed by atoms with Gasteiger partial charge in [0, 0.05) is 25.8 Å². The molecule has 1 aromatic rings. The molecule has 0 fully saturated rings. The SMILES string of the molecule is CCN(CCCO)c1cc(NN)nc(SC)n1. The first-order valence-corrected chi connectivity index (χ1v) is 6.73. The summed E-state index contributed by atoms with van der Waals surface area (Å²) >= 11 is 1.47. The average Bonchev–Trinajstić information content (AvgIpc) is 2.39. The number of hydrogen-bond donors (Lipinski definition) is 3. The van der Waals surface area contributed by atoms with E-state index >= 15 is 0 Å². The van der Waals surface area contributed by atoms with Crippen molar-refractivity contribution in [1.29, 1.82) is 0 Å². The van der Waals surface area contributed by atoms with Crippen molar-refractivity contribution in [3.05, 3.63) is 6.07 Å². The topological polar surface area (TPSA) is 87.3 Å². The van der Waals surface area contributed by atoms with Crippen molar-refractivity contribution in [3.63, 3.8) is 0 Å². The number of nitrogens with zero attached hydrogens (tertiary/aromatic N) is 3. The molecule has 1 aromatic heterocycles. The van der Waals surface area contributed by atoms with E-state index in [4.69, 9.17) is 10.9 Å². The van der Waals surface area contributed by atoms with Crippen molar-refractivity contribution in [2.24, 2.45) is 5.84 Å². The second-order valence-electron chi connectivity index (χ2n) is 3.40. The fourth-order valence-electron chi connectivity index (χ4n) is 1.44. The van der Waals surface area contributed by atoms with E-state index in [9.17, 15) is 0 Å². The molecule has 4 N–H and O–H groups in total. The van der Waals surface area contributed by atoms with Crippen LogP contribution in [-0.4, -0.2) is 41.0 Å². The van der Waals surface area contributed by atoms with E-state index < -0.39 is 0 Å². The van der Waals surface area contributed by atoms with Crippen LogP contribution in [0.3, 0.4) is 0 Å². The van der Waals surface area contributed by atoms with Crippen molar-refractivity contribution < 1.29 is 5.11 Å². The third kappa shape index (κ3) is 4.03. The van der Waals surface area contributed by atoms with Crippen LogP contribution in [0, 0.1) is 0 Å². The van der Waals surface area contributed by atoms with Gasteiger partial charge in [0.1, 0.15) is 11.6 Å². The van der Waals surface area contributed by atoms with Gasteiger partial charge >= 0.3 is 0 Å². The third-order valence-electron chi connectivity index (χ3n) is 2.31. The van der Waals surface area contributed by atoms with Gasteiger partial charge in [0.15, 0.2) is 5.16 Å². The van der Waals surface area contributed by atoms with E-state index in [1.165, 1.54) is 11.8 Å². The molecule has 0 spiro atoms. The Bertz CT molecular complexity index is 327. The first kappa shape index (κ1) is 14.0. The number of nitrogens with one attached hydrogen (secondary N) is 1. The summed E-state index contributed by atoms with van der Waals surface area (Å²) in [4.78, 5) is 10.7. The minimum absolute atomic E-state index is 0.180. The Morgan fingerprint density at radius 3 is 2.82 bits per heavy atom. The van der Waals surface area contributed by atoms with Crippen LogP contribution >= 0.6 is 11.8 Å². The Labute approximate surface area is 106 Å². The summed E-state index contributed by atoms with van der Waals surface area (Å²) in [6, 6.07) is 1.81. The van der Waals surface area contributed by atoms with E-state index in [2.05, 4.69) is 20.3 Å².